The van der Waals surface area contributed by atoms with Crippen molar-refractivity contribution >= 4 is 29.4 Å². The normalized spacial score (nSPS) is 15.2. The molecule has 1 aliphatic rings. The molecule has 0 saturated carbocycles. The minimum atomic E-state index is -0.902. The van der Waals surface area contributed by atoms with Gasteiger partial charge in [0.1, 0.15) is 23.7 Å². The zero-order chi connectivity index (χ0) is 24.7. The van der Waals surface area contributed by atoms with Gasteiger partial charge in [0.15, 0.2) is 0 Å². The summed E-state index contributed by atoms with van der Waals surface area (Å²) in [4.78, 5) is 15.6. The number of nitrogen functional groups attached to an aromatic ring is 1. The summed E-state index contributed by atoms with van der Waals surface area (Å²) in [6.45, 7) is 5.52. The molecule has 0 aromatic heterocycles. The van der Waals surface area contributed by atoms with E-state index in [2.05, 4.69) is 4.90 Å². The highest BCUT2D eigenvalue weighted by Gasteiger charge is 2.22. The molecule has 1 aliphatic heterocycles. The van der Waals surface area contributed by atoms with Crippen LogP contribution in [0.5, 0.6) is 5.75 Å². The second-order valence-corrected chi connectivity index (χ2v) is 8.49. The van der Waals surface area contributed by atoms with Crippen LogP contribution in [0.3, 0.4) is 0 Å². The van der Waals surface area contributed by atoms with Crippen molar-refractivity contribution in [3.8, 4) is 5.75 Å². The lowest BCUT2D eigenvalue weighted by Crippen LogP contribution is -2.40. The Balaban J connectivity index is 1.66. The lowest BCUT2D eigenvalue weighted by atomic mass is 10.1. The predicted octanol–water partition coefficient (Wildman–Crippen LogP) is 3.80. The Kier molecular flexibility index (Phi) is 8.29. The molecule has 8 nitrogen and oxygen atoms in total. The largest absolute Gasteiger partial charge is 0.490 e. The van der Waals surface area contributed by atoms with Gasteiger partial charge in [0, 0.05) is 43.7 Å². The van der Waals surface area contributed by atoms with E-state index in [9.17, 15) is 9.90 Å². The number of aliphatic carboxylic acids is 1. The molecule has 180 valence electrons. The molecular weight excluding hydrogens is 430 g/mol. The van der Waals surface area contributed by atoms with Gasteiger partial charge in [0.25, 0.3) is 0 Å². The van der Waals surface area contributed by atoms with Crippen LogP contribution < -0.4 is 15.4 Å². The van der Waals surface area contributed by atoms with Crippen molar-refractivity contribution in [2.24, 2.45) is 5.73 Å². The summed E-state index contributed by atoms with van der Waals surface area (Å²) >= 11 is 0. The first-order valence-corrected chi connectivity index (χ1v) is 11.4. The third-order valence-electron chi connectivity index (χ3n) is 6.02. The Morgan fingerprint density at radius 3 is 2.50 bits per heavy atom. The number of carbonyl (C=O) groups is 1. The average molecular weight is 464 g/mol. The monoisotopic (exact) mass is 463 g/mol. The van der Waals surface area contributed by atoms with E-state index < -0.39 is 12.0 Å². The van der Waals surface area contributed by atoms with Gasteiger partial charge in [-0.3, -0.25) is 10.8 Å². The van der Waals surface area contributed by atoms with E-state index in [1.54, 1.807) is 13.0 Å². The van der Waals surface area contributed by atoms with Gasteiger partial charge in [0.05, 0.1) is 5.84 Å². The maximum absolute atomic E-state index is 11.7. The van der Waals surface area contributed by atoms with Crippen molar-refractivity contribution in [1.29, 1.82) is 10.8 Å². The zero-order valence-corrected chi connectivity index (χ0v) is 19.7. The summed E-state index contributed by atoms with van der Waals surface area (Å²) in [5.41, 5.74) is 7.89. The average Bonchev–Trinajstić information content (AvgIpc) is 2.82. The third-order valence-corrected chi connectivity index (χ3v) is 6.02. The predicted molar refractivity (Wildman–Crippen MR) is 136 cm³/mol. The van der Waals surface area contributed by atoms with Gasteiger partial charge in [-0.1, -0.05) is 30.4 Å². The highest BCUT2D eigenvalue weighted by atomic mass is 16.5. The van der Waals surface area contributed by atoms with Crippen LogP contribution in [0.15, 0.2) is 54.6 Å². The van der Waals surface area contributed by atoms with Gasteiger partial charge in [-0.15, -0.1) is 0 Å². The third kappa shape index (κ3) is 6.60. The number of piperidine rings is 1. The number of likely N-dealkylation sites (tertiary alicyclic amines) is 1. The molecular formula is C26H33N5O3. The Hall–Kier alpha value is -3.81. The van der Waals surface area contributed by atoms with Gasteiger partial charge in [0.2, 0.25) is 0 Å². The number of hydrogen-bond acceptors (Lipinski definition) is 5. The number of nitrogens with two attached hydrogens (primary N) is 1. The summed E-state index contributed by atoms with van der Waals surface area (Å²) in [5.74, 6) is 0.457. The van der Waals surface area contributed by atoms with Gasteiger partial charge in [-0.2, -0.15) is 0 Å². The van der Waals surface area contributed by atoms with Gasteiger partial charge < -0.3 is 25.4 Å². The molecule has 1 saturated heterocycles. The van der Waals surface area contributed by atoms with Crippen LogP contribution in [0.25, 0.3) is 6.08 Å². The molecule has 1 fully saturated rings. The van der Waals surface area contributed by atoms with E-state index in [-0.39, 0.29) is 11.9 Å². The Morgan fingerprint density at radius 1 is 1.24 bits per heavy atom. The van der Waals surface area contributed by atoms with Gasteiger partial charge in [-0.05, 0) is 49.7 Å². The Bertz CT molecular complexity index is 1040. The maximum atomic E-state index is 11.7. The molecule has 1 unspecified atom stereocenters. The first-order chi connectivity index (χ1) is 16.2. The molecule has 34 heavy (non-hydrogen) atoms. The van der Waals surface area contributed by atoms with Crippen LogP contribution in [0.4, 0.5) is 5.69 Å². The molecule has 0 spiro atoms. The molecule has 8 heteroatoms. The van der Waals surface area contributed by atoms with Crippen molar-refractivity contribution in [3.05, 3.63) is 65.7 Å². The van der Waals surface area contributed by atoms with Crippen molar-refractivity contribution in [3.63, 3.8) is 0 Å². The van der Waals surface area contributed by atoms with Crippen LogP contribution in [-0.2, 0) is 4.79 Å². The van der Waals surface area contributed by atoms with E-state index in [1.807, 2.05) is 66.4 Å². The first-order valence-electron chi connectivity index (χ1n) is 11.4. The molecule has 5 N–H and O–H groups in total. The SMILES string of the molecule is CC(=N)N1CCC(Oc2ccc(N(C/C=C/c3cccc(C(=N)N)c3)C(C)C(=O)O)cc2)CC1. The summed E-state index contributed by atoms with van der Waals surface area (Å²) < 4.78 is 6.12. The second kappa shape index (κ2) is 11.4. The van der Waals surface area contributed by atoms with E-state index >= 15 is 0 Å². The summed E-state index contributed by atoms with van der Waals surface area (Å²) in [7, 11) is 0. The molecule has 0 aliphatic carbocycles. The van der Waals surface area contributed by atoms with Crippen LogP contribution in [0, 0.1) is 10.8 Å². The second-order valence-electron chi connectivity index (χ2n) is 8.49. The highest BCUT2D eigenvalue weighted by Crippen LogP contribution is 2.24. The lowest BCUT2D eigenvalue weighted by Gasteiger charge is -2.33. The number of rotatable bonds is 9. The van der Waals surface area contributed by atoms with Crippen molar-refractivity contribution in [1.82, 2.24) is 4.90 Å². The van der Waals surface area contributed by atoms with Crippen molar-refractivity contribution in [2.45, 2.75) is 38.8 Å². The van der Waals surface area contributed by atoms with Crippen LogP contribution >= 0.6 is 0 Å². The van der Waals surface area contributed by atoms with Crippen LogP contribution in [0.2, 0.25) is 0 Å². The minimum absolute atomic E-state index is 0.00840. The minimum Gasteiger partial charge on any atom is -0.490 e. The number of anilines is 1. The molecule has 0 radical (unpaired) electrons. The number of amidine groups is 2. The zero-order valence-electron chi connectivity index (χ0n) is 19.7. The van der Waals surface area contributed by atoms with Crippen LogP contribution in [0.1, 0.15) is 37.8 Å². The summed E-state index contributed by atoms with van der Waals surface area (Å²) in [5, 5.41) is 24.9. The number of nitrogens with zero attached hydrogens (tertiary/aromatic N) is 2. The lowest BCUT2D eigenvalue weighted by molar-refractivity contribution is -0.138. The van der Waals surface area contributed by atoms with E-state index in [1.165, 1.54) is 0 Å². The number of carboxylic acids is 1. The number of carboxylic acid groups (broad SMARTS) is 1. The topological polar surface area (TPSA) is 127 Å². The number of ether oxygens (including phenoxy) is 1. The molecule has 0 amide bonds. The maximum Gasteiger partial charge on any atom is 0.326 e. The molecule has 3 rings (SSSR count). The summed E-state index contributed by atoms with van der Waals surface area (Å²) in [6, 6.07) is 14.2. The Labute approximate surface area is 200 Å². The number of hydrogen-bond donors (Lipinski definition) is 4. The molecule has 0 bridgehead atoms. The fourth-order valence-electron chi connectivity index (χ4n) is 3.95. The van der Waals surface area contributed by atoms with Crippen LogP contribution in [-0.4, -0.2) is 59.4 Å². The van der Waals surface area contributed by atoms with Gasteiger partial charge in [-0.25, -0.2) is 4.79 Å². The van der Waals surface area contributed by atoms with E-state index in [0.29, 0.717) is 17.9 Å². The van der Waals surface area contributed by atoms with Crippen molar-refractivity contribution in [2.75, 3.05) is 24.5 Å². The first kappa shape index (κ1) is 24.8. The number of benzene rings is 2. The summed E-state index contributed by atoms with van der Waals surface area (Å²) in [6.07, 6.45) is 5.66. The molecule has 1 heterocycles. The standard InChI is InChI=1S/C26H33N5O3/c1-18(26(32)33)31(14-4-6-20-5-3-7-21(17-20)25(28)29)22-8-10-23(11-9-22)34-24-12-15-30(16-13-24)19(2)27/h3-11,17-18,24,27H,12-16H2,1-2H3,(H3,28,29)(H,32,33)/b6-4+,27-19?. The van der Waals surface area contributed by atoms with Crippen molar-refractivity contribution < 1.29 is 14.6 Å². The van der Waals surface area contributed by atoms with E-state index in [0.717, 1.165) is 42.9 Å². The number of nitrogens with one attached hydrogen (secondary N) is 2. The quantitative estimate of drug-likeness (QED) is 0.331. The Morgan fingerprint density at radius 2 is 1.91 bits per heavy atom. The fraction of sp³-hybridized carbons (Fsp3) is 0.346. The molecule has 1 atom stereocenters. The highest BCUT2D eigenvalue weighted by molar-refractivity contribution is 5.95. The fourth-order valence-corrected chi connectivity index (χ4v) is 3.95. The van der Waals surface area contributed by atoms with E-state index in [4.69, 9.17) is 21.3 Å². The molecule has 2 aromatic carbocycles. The van der Waals surface area contributed by atoms with Gasteiger partial charge >= 0.3 is 5.97 Å². The molecule has 2 aromatic rings. The smallest absolute Gasteiger partial charge is 0.326 e.